The van der Waals surface area contributed by atoms with E-state index in [-0.39, 0.29) is 0 Å². The summed E-state index contributed by atoms with van der Waals surface area (Å²) in [4.78, 5) is 11.2. The van der Waals surface area contributed by atoms with Gasteiger partial charge >= 0.3 is 0 Å². The van der Waals surface area contributed by atoms with Crippen molar-refractivity contribution in [2.75, 3.05) is 0 Å². The molecule has 0 radical (unpaired) electrons. The highest BCUT2D eigenvalue weighted by atomic mass is 16.5. The summed E-state index contributed by atoms with van der Waals surface area (Å²) in [6, 6.07) is 9.17. The van der Waals surface area contributed by atoms with Crippen molar-refractivity contribution in [3.8, 4) is 11.6 Å². The normalized spacial score (nSPS) is 12.5. The first-order valence-electron chi connectivity index (χ1n) is 5.48. The second-order valence-corrected chi connectivity index (χ2v) is 3.78. The SMILES string of the molecule is N[C@@H](c1ccccc1)c1nc(-c2ncc[nH]2)no1. The van der Waals surface area contributed by atoms with Gasteiger partial charge in [-0.05, 0) is 5.56 Å². The Balaban J connectivity index is 1.90. The Labute approximate surface area is 103 Å². The number of H-pyrrole nitrogens is 1. The molecule has 0 fully saturated rings. The van der Waals surface area contributed by atoms with E-state index in [1.54, 1.807) is 12.4 Å². The van der Waals surface area contributed by atoms with Gasteiger partial charge in [0.2, 0.25) is 11.7 Å². The molecule has 6 nitrogen and oxygen atoms in total. The van der Waals surface area contributed by atoms with Gasteiger partial charge in [-0.15, -0.1) is 0 Å². The lowest BCUT2D eigenvalue weighted by molar-refractivity contribution is 0.367. The van der Waals surface area contributed by atoms with Crippen LogP contribution in [-0.4, -0.2) is 20.1 Å². The Kier molecular flexibility index (Phi) is 2.62. The highest BCUT2D eigenvalue weighted by molar-refractivity contribution is 5.41. The van der Waals surface area contributed by atoms with E-state index in [0.29, 0.717) is 17.5 Å². The molecular weight excluding hydrogens is 230 g/mol. The van der Waals surface area contributed by atoms with E-state index < -0.39 is 6.04 Å². The fourth-order valence-corrected chi connectivity index (χ4v) is 1.65. The van der Waals surface area contributed by atoms with Crippen molar-refractivity contribution in [2.45, 2.75) is 6.04 Å². The summed E-state index contributed by atoms with van der Waals surface area (Å²) in [5, 5.41) is 3.85. The maximum absolute atomic E-state index is 6.06. The van der Waals surface area contributed by atoms with Crippen LogP contribution in [0.15, 0.2) is 47.2 Å². The number of aromatic amines is 1. The summed E-state index contributed by atoms with van der Waals surface area (Å²) in [6.45, 7) is 0. The van der Waals surface area contributed by atoms with E-state index in [4.69, 9.17) is 10.3 Å². The minimum atomic E-state index is -0.428. The molecule has 0 unspecified atom stereocenters. The van der Waals surface area contributed by atoms with Crippen molar-refractivity contribution < 1.29 is 4.52 Å². The summed E-state index contributed by atoms with van der Waals surface area (Å²) < 4.78 is 5.16. The molecule has 18 heavy (non-hydrogen) atoms. The minimum Gasteiger partial charge on any atom is -0.342 e. The van der Waals surface area contributed by atoms with Gasteiger partial charge in [-0.2, -0.15) is 4.98 Å². The predicted octanol–water partition coefficient (Wildman–Crippen LogP) is 1.51. The molecule has 0 aliphatic carbocycles. The first-order valence-corrected chi connectivity index (χ1v) is 5.48. The quantitative estimate of drug-likeness (QED) is 0.724. The molecule has 90 valence electrons. The monoisotopic (exact) mass is 241 g/mol. The Bertz CT molecular complexity index is 617. The number of hydrogen-bond acceptors (Lipinski definition) is 5. The first-order chi connectivity index (χ1) is 8.84. The lowest BCUT2D eigenvalue weighted by atomic mass is 10.1. The molecule has 1 atom stereocenters. The standard InChI is InChI=1S/C12H11N5O/c13-9(8-4-2-1-3-5-8)12-16-11(17-18-12)10-14-6-7-15-10/h1-7,9H,13H2,(H,14,15)/t9-/m0/s1. The lowest BCUT2D eigenvalue weighted by Gasteiger charge is -2.05. The minimum absolute atomic E-state index is 0.368. The highest BCUT2D eigenvalue weighted by Crippen LogP contribution is 2.19. The van der Waals surface area contributed by atoms with Gasteiger partial charge in [0.1, 0.15) is 6.04 Å². The summed E-state index contributed by atoms with van der Waals surface area (Å²) in [6.07, 6.45) is 3.32. The average molecular weight is 241 g/mol. The van der Waals surface area contributed by atoms with Gasteiger partial charge in [0.15, 0.2) is 5.82 Å². The van der Waals surface area contributed by atoms with Crippen molar-refractivity contribution in [2.24, 2.45) is 5.73 Å². The van der Waals surface area contributed by atoms with Gasteiger partial charge in [-0.1, -0.05) is 35.5 Å². The Morgan fingerprint density at radius 3 is 2.78 bits per heavy atom. The fraction of sp³-hybridized carbons (Fsp3) is 0.0833. The molecule has 2 heterocycles. The smallest absolute Gasteiger partial charge is 0.248 e. The van der Waals surface area contributed by atoms with E-state index in [1.807, 2.05) is 30.3 Å². The lowest BCUT2D eigenvalue weighted by Crippen LogP contribution is -2.11. The topological polar surface area (TPSA) is 93.6 Å². The molecule has 3 aromatic rings. The van der Waals surface area contributed by atoms with Gasteiger partial charge in [0, 0.05) is 12.4 Å². The Hall–Kier alpha value is -2.47. The van der Waals surface area contributed by atoms with E-state index >= 15 is 0 Å². The van der Waals surface area contributed by atoms with E-state index in [2.05, 4.69) is 20.1 Å². The molecule has 2 aromatic heterocycles. The van der Waals surface area contributed by atoms with Crippen LogP contribution in [-0.2, 0) is 0 Å². The summed E-state index contributed by atoms with van der Waals surface area (Å²) in [5.41, 5.74) is 6.98. The van der Waals surface area contributed by atoms with Gasteiger partial charge in [0.25, 0.3) is 0 Å². The third-order valence-corrected chi connectivity index (χ3v) is 2.58. The number of nitrogens with one attached hydrogen (secondary N) is 1. The summed E-state index contributed by atoms with van der Waals surface area (Å²) in [5.74, 6) is 1.33. The van der Waals surface area contributed by atoms with Crippen LogP contribution in [0.2, 0.25) is 0 Å². The molecule has 0 bridgehead atoms. The van der Waals surface area contributed by atoms with Crippen LogP contribution in [0.4, 0.5) is 0 Å². The average Bonchev–Trinajstić information content (AvgIpc) is 3.09. The largest absolute Gasteiger partial charge is 0.342 e. The molecule has 0 aliphatic rings. The predicted molar refractivity (Wildman–Crippen MR) is 64.4 cm³/mol. The zero-order valence-electron chi connectivity index (χ0n) is 9.45. The molecule has 0 amide bonds. The van der Waals surface area contributed by atoms with Crippen molar-refractivity contribution in [1.82, 2.24) is 20.1 Å². The van der Waals surface area contributed by atoms with Crippen LogP contribution in [0.25, 0.3) is 11.6 Å². The summed E-state index contributed by atoms with van der Waals surface area (Å²) in [7, 11) is 0. The number of nitrogens with zero attached hydrogens (tertiary/aromatic N) is 3. The van der Waals surface area contributed by atoms with Crippen LogP contribution in [0, 0.1) is 0 Å². The van der Waals surface area contributed by atoms with Crippen molar-refractivity contribution in [3.05, 3.63) is 54.2 Å². The molecule has 1 aromatic carbocycles. The highest BCUT2D eigenvalue weighted by Gasteiger charge is 2.17. The third-order valence-electron chi connectivity index (χ3n) is 2.58. The number of benzene rings is 1. The maximum atomic E-state index is 6.06. The maximum Gasteiger partial charge on any atom is 0.248 e. The second kappa shape index (κ2) is 4.42. The molecular formula is C12H11N5O. The summed E-state index contributed by atoms with van der Waals surface area (Å²) >= 11 is 0. The van der Waals surface area contributed by atoms with E-state index in [1.165, 1.54) is 0 Å². The second-order valence-electron chi connectivity index (χ2n) is 3.78. The number of imidazole rings is 1. The van der Waals surface area contributed by atoms with Crippen molar-refractivity contribution >= 4 is 0 Å². The van der Waals surface area contributed by atoms with Crippen molar-refractivity contribution in [1.29, 1.82) is 0 Å². The molecule has 0 saturated heterocycles. The molecule has 3 rings (SSSR count). The number of aromatic nitrogens is 4. The van der Waals surface area contributed by atoms with Gasteiger partial charge in [0.05, 0.1) is 0 Å². The van der Waals surface area contributed by atoms with Gasteiger partial charge < -0.3 is 15.2 Å². The Morgan fingerprint density at radius 1 is 1.22 bits per heavy atom. The molecule has 0 saturated carbocycles. The van der Waals surface area contributed by atoms with Crippen molar-refractivity contribution in [3.63, 3.8) is 0 Å². The Morgan fingerprint density at radius 2 is 2.06 bits per heavy atom. The number of hydrogen-bond donors (Lipinski definition) is 2. The molecule has 6 heteroatoms. The zero-order chi connectivity index (χ0) is 12.4. The number of rotatable bonds is 3. The first kappa shape index (κ1) is 10.7. The van der Waals surface area contributed by atoms with Crippen LogP contribution in [0.1, 0.15) is 17.5 Å². The molecule has 0 aliphatic heterocycles. The third kappa shape index (κ3) is 1.89. The van der Waals surface area contributed by atoms with Crippen LogP contribution < -0.4 is 5.73 Å². The zero-order valence-corrected chi connectivity index (χ0v) is 9.45. The number of nitrogens with two attached hydrogens (primary N) is 1. The molecule has 0 spiro atoms. The van der Waals surface area contributed by atoms with E-state index in [9.17, 15) is 0 Å². The van der Waals surface area contributed by atoms with E-state index in [0.717, 1.165) is 5.56 Å². The molecule has 3 N–H and O–H groups in total. The fourth-order valence-electron chi connectivity index (χ4n) is 1.65. The van der Waals surface area contributed by atoms with Gasteiger partial charge in [-0.25, -0.2) is 4.98 Å². The van der Waals surface area contributed by atoms with Gasteiger partial charge in [-0.3, -0.25) is 0 Å². The van der Waals surface area contributed by atoms with Crippen LogP contribution in [0.5, 0.6) is 0 Å². The van der Waals surface area contributed by atoms with Crippen LogP contribution in [0.3, 0.4) is 0 Å². The van der Waals surface area contributed by atoms with Crippen LogP contribution >= 0.6 is 0 Å².